The first-order valence-electron chi connectivity index (χ1n) is 4.17. The van der Waals surface area contributed by atoms with Gasteiger partial charge < -0.3 is 14.6 Å². The summed E-state index contributed by atoms with van der Waals surface area (Å²) in [5, 5.41) is 8.57. The van der Waals surface area contributed by atoms with Crippen molar-refractivity contribution in [3.63, 3.8) is 0 Å². The van der Waals surface area contributed by atoms with Crippen LogP contribution in [0.25, 0.3) is 0 Å². The molecule has 0 aromatic heterocycles. The number of rotatable bonds is 4. The van der Waals surface area contributed by atoms with Gasteiger partial charge in [0, 0.05) is 27.3 Å². The number of hydrogen-bond acceptors (Lipinski definition) is 4. The van der Waals surface area contributed by atoms with Crippen molar-refractivity contribution in [2.24, 2.45) is 0 Å². The Morgan fingerprint density at radius 3 is 2.15 bits per heavy atom. The Hall–Kier alpha value is -0.650. The highest BCUT2D eigenvalue weighted by Crippen LogP contribution is 2.14. The lowest BCUT2D eigenvalue weighted by atomic mass is 10.3. The molecule has 2 atom stereocenters. The minimum Gasteiger partial charge on any atom is -0.480 e. The summed E-state index contributed by atoms with van der Waals surface area (Å²) in [6.45, 7) is 1.31. The van der Waals surface area contributed by atoms with Gasteiger partial charge in [-0.3, -0.25) is 9.69 Å². The van der Waals surface area contributed by atoms with Crippen LogP contribution in [0.15, 0.2) is 0 Å². The van der Waals surface area contributed by atoms with Crippen molar-refractivity contribution in [3.05, 3.63) is 0 Å². The van der Waals surface area contributed by atoms with Gasteiger partial charge in [-0.2, -0.15) is 0 Å². The maximum atomic E-state index is 10.4. The van der Waals surface area contributed by atoms with Crippen molar-refractivity contribution in [2.45, 2.75) is 12.2 Å². The average molecular weight is 189 g/mol. The number of methoxy groups -OCH3 is 2. The number of aliphatic carboxylic acids is 1. The molecule has 1 aliphatic rings. The minimum atomic E-state index is -0.813. The summed E-state index contributed by atoms with van der Waals surface area (Å²) in [6, 6.07) is 0. The fourth-order valence-electron chi connectivity index (χ4n) is 1.59. The van der Waals surface area contributed by atoms with E-state index in [1.54, 1.807) is 14.2 Å². The second-order valence-electron chi connectivity index (χ2n) is 3.14. The standard InChI is InChI=1S/C8H15NO4/c1-12-6-3-9(5-8(10)11)4-7(6)13-2/h6-7H,3-5H2,1-2H3,(H,10,11)/t6-,7-/m1/s1. The zero-order valence-electron chi connectivity index (χ0n) is 7.90. The van der Waals surface area contributed by atoms with Crippen molar-refractivity contribution in [1.82, 2.24) is 4.90 Å². The fraction of sp³-hybridized carbons (Fsp3) is 0.875. The minimum absolute atomic E-state index is 0.00986. The number of carboxylic acids is 1. The zero-order chi connectivity index (χ0) is 9.84. The van der Waals surface area contributed by atoms with Crippen molar-refractivity contribution >= 4 is 5.97 Å². The number of ether oxygens (including phenoxy) is 2. The molecular weight excluding hydrogens is 174 g/mol. The van der Waals surface area contributed by atoms with Crippen LogP contribution in [0.5, 0.6) is 0 Å². The fourth-order valence-corrected chi connectivity index (χ4v) is 1.59. The van der Waals surface area contributed by atoms with E-state index in [0.29, 0.717) is 13.1 Å². The van der Waals surface area contributed by atoms with Crippen LogP contribution < -0.4 is 0 Å². The summed E-state index contributed by atoms with van der Waals surface area (Å²) in [5.41, 5.74) is 0. The molecule has 5 heteroatoms. The molecule has 1 heterocycles. The van der Waals surface area contributed by atoms with E-state index in [4.69, 9.17) is 14.6 Å². The number of nitrogens with zero attached hydrogens (tertiary/aromatic N) is 1. The molecule has 0 unspecified atom stereocenters. The van der Waals surface area contributed by atoms with E-state index >= 15 is 0 Å². The van der Waals surface area contributed by atoms with E-state index in [-0.39, 0.29) is 18.8 Å². The Morgan fingerprint density at radius 1 is 1.38 bits per heavy atom. The van der Waals surface area contributed by atoms with Crippen LogP contribution in [0.4, 0.5) is 0 Å². The van der Waals surface area contributed by atoms with Crippen molar-refractivity contribution in [2.75, 3.05) is 33.9 Å². The molecule has 0 aliphatic carbocycles. The van der Waals surface area contributed by atoms with Gasteiger partial charge >= 0.3 is 5.97 Å². The third-order valence-corrected chi connectivity index (χ3v) is 2.26. The lowest BCUT2D eigenvalue weighted by molar-refractivity contribution is -0.138. The number of carboxylic acid groups (broad SMARTS) is 1. The lowest BCUT2D eigenvalue weighted by Gasteiger charge is -2.13. The molecule has 1 fully saturated rings. The second kappa shape index (κ2) is 4.55. The van der Waals surface area contributed by atoms with Crippen LogP contribution in [-0.2, 0) is 14.3 Å². The molecule has 0 aromatic carbocycles. The van der Waals surface area contributed by atoms with Crippen molar-refractivity contribution < 1.29 is 19.4 Å². The van der Waals surface area contributed by atoms with Gasteiger partial charge in [0.15, 0.2) is 0 Å². The predicted molar refractivity (Wildman–Crippen MR) is 45.7 cm³/mol. The highest BCUT2D eigenvalue weighted by molar-refractivity contribution is 5.69. The van der Waals surface area contributed by atoms with Gasteiger partial charge in [-0.05, 0) is 0 Å². The molecule has 1 rings (SSSR count). The summed E-state index contributed by atoms with van der Waals surface area (Å²) < 4.78 is 10.3. The number of likely N-dealkylation sites (tertiary alicyclic amines) is 1. The Kier molecular flexibility index (Phi) is 3.65. The molecular formula is C8H15NO4. The third-order valence-electron chi connectivity index (χ3n) is 2.26. The first-order chi connectivity index (χ1) is 6.17. The van der Waals surface area contributed by atoms with Crippen molar-refractivity contribution in [3.8, 4) is 0 Å². The van der Waals surface area contributed by atoms with Gasteiger partial charge in [0.1, 0.15) is 0 Å². The SMILES string of the molecule is CO[C@@H]1CN(CC(=O)O)C[C@H]1OC. The van der Waals surface area contributed by atoms with Crippen LogP contribution in [0.3, 0.4) is 0 Å². The van der Waals surface area contributed by atoms with Crippen LogP contribution >= 0.6 is 0 Å². The summed E-state index contributed by atoms with van der Waals surface area (Å²) in [6.07, 6.45) is -0.0197. The van der Waals surface area contributed by atoms with Gasteiger partial charge in [-0.1, -0.05) is 0 Å². The van der Waals surface area contributed by atoms with E-state index in [1.165, 1.54) is 0 Å². The van der Waals surface area contributed by atoms with E-state index in [0.717, 1.165) is 0 Å². The van der Waals surface area contributed by atoms with E-state index < -0.39 is 5.97 Å². The predicted octanol–water partition coefficient (Wildman–Crippen LogP) is -0.583. The van der Waals surface area contributed by atoms with Gasteiger partial charge in [-0.15, -0.1) is 0 Å². The average Bonchev–Trinajstić information content (AvgIpc) is 2.45. The Morgan fingerprint density at radius 2 is 1.85 bits per heavy atom. The molecule has 0 saturated carbocycles. The monoisotopic (exact) mass is 189 g/mol. The molecule has 1 aliphatic heterocycles. The maximum Gasteiger partial charge on any atom is 0.317 e. The number of carbonyl (C=O) groups is 1. The topological polar surface area (TPSA) is 59.0 Å². The van der Waals surface area contributed by atoms with Crippen molar-refractivity contribution in [1.29, 1.82) is 0 Å². The second-order valence-corrected chi connectivity index (χ2v) is 3.14. The normalized spacial score (nSPS) is 29.4. The summed E-state index contributed by atoms with van der Waals surface area (Å²) in [5.74, 6) is -0.813. The smallest absolute Gasteiger partial charge is 0.317 e. The van der Waals surface area contributed by atoms with E-state index in [9.17, 15) is 4.79 Å². The molecule has 1 saturated heterocycles. The third kappa shape index (κ3) is 2.65. The molecule has 0 bridgehead atoms. The quantitative estimate of drug-likeness (QED) is 0.641. The molecule has 5 nitrogen and oxygen atoms in total. The molecule has 0 spiro atoms. The number of hydrogen-bond donors (Lipinski definition) is 1. The highest BCUT2D eigenvalue weighted by Gasteiger charge is 2.33. The van der Waals surface area contributed by atoms with Gasteiger partial charge in [0.2, 0.25) is 0 Å². The summed E-state index contributed by atoms with van der Waals surface area (Å²) >= 11 is 0. The van der Waals surface area contributed by atoms with Gasteiger partial charge in [0.25, 0.3) is 0 Å². The molecule has 0 radical (unpaired) electrons. The molecule has 13 heavy (non-hydrogen) atoms. The van der Waals surface area contributed by atoms with Crippen LogP contribution in [0.1, 0.15) is 0 Å². The summed E-state index contributed by atoms with van der Waals surface area (Å²) in [7, 11) is 3.22. The van der Waals surface area contributed by atoms with Gasteiger partial charge in [-0.25, -0.2) is 0 Å². The van der Waals surface area contributed by atoms with Crippen LogP contribution in [0, 0.1) is 0 Å². The van der Waals surface area contributed by atoms with E-state index in [1.807, 2.05) is 4.90 Å². The zero-order valence-corrected chi connectivity index (χ0v) is 7.90. The van der Waals surface area contributed by atoms with E-state index in [2.05, 4.69) is 0 Å². The Labute approximate surface area is 77.2 Å². The largest absolute Gasteiger partial charge is 0.480 e. The molecule has 0 amide bonds. The Balaban J connectivity index is 2.43. The molecule has 0 aromatic rings. The highest BCUT2D eigenvalue weighted by atomic mass is 16.5. The molecule has 76 valence electrons. The lowest BCUT2D eigenvalue weighted by Crippen LogP contribution is -2.28. The Bertz CT molecular complexity index is 173. The molecule has 1 N–H and O–H groups in total. The first-order valence-corrected chi connectivity index (χ1v) is 4.17. The maximum absolute atomic E-state index is 10.4. The van der Waals surface area contributed by atoms with Gasteiger partial charge in [0.05, 0.1) is 18.8 Å². The van der Waals surface area contributed by atoms with Crippen LogP contribution in [-0.4, -0.2) is 62.0 Å². The summed E-state index contributed by atoms with van der Waals surface area (Å²) in [4.78, 5) is 12.2. The van der Waals surface area contributed by atoms with Crippen LogP contribution in [0.2, 0.25) is 0 Å². The first kappa shape index (κ1) is 10.4.